The van der Waals surface area contributed by atoms with Crippen LogP contribution in [0.3, 0.4) is 0 Å². The number of likely N-dealkylation sites (tertiary alicyclic amines) is 1. The molecule has 1 saturated heterocycles. The van der Waals surface area contributed by atoms with E-state index in [0.29, 0.717) is 12.8 Å². The number of hydrogen-bond acceptors (Lipinski definition) is 11. The van der Waals surface area contributed by atoms with Crippen molar-refractivity contribution in [3.05, 3.63) is 41.9 Å². The molecule has 1 unspecified atom stereocenters. The van der Waals surface area contributed by atoms with E-state index < -0.39 is 74.1 Å². The van der Waals surface area contributed by atoms with Crippen molar-refractivity contribution in [2.75, 3.05) is 13.7 Å². The molecule has 2 aliphatic carbocycles. The zero-order valence-electron chi connectivity index (χ0n) is 26.0. The highest BCUT2D eigenvalue weighted by Crippen LogP contribution is 2.45. The second-order valence-electron chi connectivity index (χ2n) is 12.9. The first-order valence-electron chi connectivity index (χ1n) is 14.9. The topological polar surface area (TPSA) is 186 Å². The second-order valence-corrected chi connectivity index (χ2v) is 15.6. The molecule has 0 spiro atoms. The van der Waals surface area contributed by atoms with Crippen LogP contribution in [0.5, 0.6) is 6.01 Å². The zero-order valence-corrected chi connectivity index (χ0v) is 27.7. The number of methoxy groups -OCH3 is 1. The summed E-state index contributed by atoms with van der Waals surface area (Å²) in [5, 5.41) is 8.57. The molecule has 2 aromatic rings. The quantitative estimate of drug-likeness (QED) is 0.298. The first-order valence-corrected chi connectivity index (χ1v) is 17.3. The predicted molar refractivity (Wildman–Crippen MR) is 168 cm³/mol. The van der Waals surface area contributed by atoms with Gasteiger partial charge in [0, 0.05) is 30.3 Å². The highest BCUT2D eigenvalue weighted by atomic mass is 32.2. The van der Waals surface area contributed by atoms with E-state index in [9.17, 15) is 27.6 Å². The van der Waals surface area contributed by atoms with Crippen molar-refractivity contribution in [2.45, 2.75) is 75.4 Å². The molecule has 14 nitrogen and oxygen atoms in total. The number of ether oxygens (including phenoxy) is 2. The van der Waals surface area contributed by atoms with Gasteiger partial charge < -0.3 is 25.0 Å². The fourth-order valence-electron chi connectivity index (χ4n) is 5.49. The molecule has 3 N–H and O–H groups in total. The first-order chi connectivity index (χ1) is 21.7. The normalized spacial score (nSPS) is 24.8. The lowest BCUT2D eigenvalue weighted by molar-refractivity contribution is -0.142. The molecule has 4 amide bonds. The predicted octanol–water partition coefficient (Wildman–Crippen LogP) is 1.99. The van der Waals surface area contributed by atoms with Crippen molar-refractivity contribution < 1.29 is 37.1 Å². The van der Waals surface area contributed by atoms with Gasteiger partial charge in [-0.05, 0) is 47.1 Å². The van der Waals surface area contributed by atoms with Crippen molar-refractivity contribution >= 4 is 45.2 Å². The number of carbonyl (C=O) groups is 4. The van der Waals surface area contributed by atoms with E-state index in [4.69, 9.17) is 9.47 Å². The number of sulfonamides is 1. The molecule has 3 aliphatic rings. The third-order valence-corrected chi connectivity index (χ3v) is 10.9. The van der Waals surface area contributed by atoms with E-state index in [0.717, 1.165) is 11.1 Å². The van der Waals surface area contributed by atoms with E-state index >= 15 is 0 Å². The molecule has 3 fully saturated rings. The third kappa shape index (κ3) is 7.02. The van der Waals surface area contributed by atoms with Gasteiger partial charge in [-0.25, -0.2) is 23.2 Å². The summed E-state index contributed by atoms with van der Waals surface area (Å²) in [4.78, 5) is 63.4. The zero-order chi connectivity index (χ0) is 33.4. The Bertz CT molecular complexity index is 1600. The van der Waals surface area contributed by atoms with Crippen LogP contribution in [0.15, 0.2) is 41.9 Å². The maximum atomic E-state index is 14.1. The van der Waals surface area contributed by atoms with Gasteiger partial charge in [0.25, 0.3) is 5.91 Å². The van der Waals surface area contributed by atoms with Gasteiger partial charge in [-0.1, -0.05) is 26.8 Å². The molecular formula is C30H38N6O8S2. The minimum atomic E-state index is -3.88. The number of hydrogen-bond donors (Lipinski definition) is 3. The molecule has 0 bridgehead atoms. The lowest BCUT2D eigenvalue weighted by Crippen LogP contribution is -2.60. The summed E-state index contributed by atoms with van der Waals surface area (Å²) in [5.74, 6) is -2.60. The smallest absolute Gasteiger partial charge is 0.407 e. The number of amides is 4. The summed E-state index contributed by atoms with van der Waals surface area (Å²) >= 11 is 1.54. The molecule has 5 atom stereocenters. The molecule has 2 saturated carbocycles. The summed E-state index contributed by atoms with van der Waals surface area (Å²) in [7, 11) is -2.70. The monoisotopic (exact) mass is 674 g/mol. The Morgan fingerprint density at radius 3 is 2.41 bits per heavy atom. The van der Waals surface area contributed by atoms with Gasteiger partial charge in [0.15, 0.2) is 0 Å². The Balaban J connectivity index is 1.38. The van der Waals surface area contributed by atoms with Crippen molar-refractivity contribution in [1.29, 1.82) is 0 Å². The van der Waals surface area contributed by atoms with Crippen LogP contribution in [0.2, 0.25) is 0 Å². The average Bonchev–Trinajstić information content (AvgIpc) is 3.88. The summed E-state index contributed by atoms with van der Waals surface area (Å²) in [6, 6.07) is -0.236. The van der Waals surface area contributed by atoms with E-state index in [-0.39, 0.29) is 25.4 Å². The van der Waals surface area contributed by atoms with Crippen molar-refractivity contribution in [3.8, 4) is 17.1 Å². The van der Waals surface area contributed by atoms with E-state index in [2.05, 4.69) is 31.9 Å². The third-order valence-electron chi connectivity index (χ3n) is 8.41. The maximum Gasteiger partial charge on any atom is 0.407 e. The van der Waals surface area contributed by atoms with Crippen LogP contribution in [0.1, 0.15) is 46.5 Å². The number of carbonyl (C=O) groups excluding carboxylic acids is 4. The molecule has 5 rings (SSSR count). The number of rotatable bonds is 11. The van der Waals surface area contributed by atoms with Crippen LogP contribution >= 0.6 is 11.3 Å². The fraction of sp³-hybridized carbons (Fsp3) is 0.533. The first kappa shape index (κ1) is 33.3. The van der Waals surface area contributed by atoms with Crippen LogP contribution < -0.4 is 20.1 Å². The van der Waals surface area contributed by atoms with Crippen LogP contribution in [0.4, 0.5) is 4.79 Å². The second kappa shape index (κ2) is 12.6. The summed E-state index contributed by atoms with van der Waals surface area (Å²) in [6.07, 6.45) is 4.25. The van der Waals surface area contributed by atoms with Gasteiger partial charge in [-0.2, -0.15) is 11.3 Å². The Hall–Kier alpha value is -4.05. The van der Waals surface area contributed by atoms with Crippen molar-refractivity contribution in [1.82, 2.24) is 30.2 Å². The van der Waals surface area contributed by atoms with Gasteiger partial charge in [-0.15, -0.1) is 6.58 Å². The molecule has 0 radical (unpaired) electrons. The van der Waals surface area contributed by atoms with Crippen molar-refractivity contribution in [3.63, 3.8) is 0 Å². The van der Waals surface area contributed by atoms with Gasteiger partial charge >= 0.3 is 12.1 Å². The maximum absolute atomic E-state index is 14.1. The van der Waals surface area contributed by atoms with E-state index in [1.807, 2.05) is 16.8 Å². The number of nitrogens with one attached hydrogen (secondary N) is 3. The number of nitrogens with zero attached hydrogens (tertiary/aromatic N) is 3. The van der Waals surface area contributed by atoms with Gasteiger partial charge in [0.1, 0.15) is 23.7 Å². The molecule has 46 heavy (non-hydrogen) atoms. The average molecular weight is 675 g/mol. The molecule has 248 valence electrons. The van der Waals surface area contributed by atoms with E-state index in [1.165, 1.54) is 18.1 Å². The van der Waals surface area contributed by atoms with Crippen LogP contribution in [0, 0.1) is 11.3 Å². The molecule has 1 aliphatic heterocycles. The highest BCUT2D eigenvalue weighted by molar-refractivity contribution is 7.91. The number of thiophene rings is 1. The largest absolute Gasteiger partial charge is 0.458 e. The molecule has 2 aromatic heterocycles. The van der Waals surface area contributed by atoms with Gasteiger partial charge in [-0.3, -0.25) is 19.1 Å². The standard InChI is InChI=1S/C30H38N6O8S2/c1-6-19-12-30(19,26(39)35-46(41,42)21-7-8-21)34-24(37)22-11-20(44-27-31-13-18(14-32-27)17-9-10-45-16-17)15-36(22)25(38)23(29(2,3)4)33-28(40)43-5/h6,9-10,13-14,16,19-23H,1,7-8,11-12,15H2,2-5H3,(H,33,40)(H,34,37)(H,35,39)/t19?,20-,22+,23-,30-/m1/s1. The minimum absolute atomic E-state index is 0.0130. The van der Waals surface area contributed by atoms with Crippen LogP contribution in [0.25, 0.3) is 11.1 Å². The Morgan fingerprint density at radius 2 is 1.87 bits per heavy atom. The fourth-order valence-corrected chi connectivity index (χ4v) is 7.52. The molecule has 16 heteroatoms. The molecule has 3 heterocycles. The Morgan fingerprint density at radius 1 is 1.17 bits per heavy atom. The van der Waals surface area contributed by atoms with Crippen LogP contribution in [-0.4, -0.2) is 89.7 Å². The lowest BCUT2D eigenvalue weighted by Gasteiger charge is -2.35. The summed E-state index contributed by atoms with van der Waals surface area (Å²) in [5.41, 5.74) is -0.570. The Labute approximate surface area is 271 Å². The highest BCUT2D eigenvalue weighted by Gasteiger charge is 2.62. The number of aromatic nitrogens is 2. The summed E-state index contributed by atoms with van der Waals surface area (Å²) in [6.45, 7) is 8.94. The SMILES string of the molecule is C=CC1C[C@]1(NC(=O)[C@@H]1C[C@@H](Oc2ncc(-c3ccsc3)cn2)CN1C(=O)[C@@H](NC(=O)OC)C(C)(C)C)C(=O)NS(=O)(=O)C1CC1. The van der Waals surface area contributed by atoms with Gasteiger partial charge in [0.2, 0.25) is 21.8 Å². The van der Waals surface area contributed by atoms with E-state index in [1.54, 1.807) is 44.5 Å². The van der Waals surface area contributed by atoms with Gasteiger partial charge in [0.05, 0.1) is 18.9 Å². The molecular weight excluding hydrogens is 636 g/mol. The number of alkyl carbamates (subject to hydrolysis) is 1. The van der Waals surface area contributed by atoms with Crippen LogP contribution in [-0.2, 0) is 29.1 Å². The lowest BCUT2D eigenvalue weighted by atomic mass is 9.85. The van der Waals surface area contributed by atoms with Crippen molar-refractivity contribution in [2.24, 2.45) is 11.3 Å². The molecule has 0 aromatic carbocycles. The summed E-state index contributed by atoms with van der Waals surface area (Å²) < 4.78 is 38.0. The minimum Gasteiger partial charge on any atom is -0.458 e. The Kier molecular flexibility index (Phi) is 9.14.